The van der Waals surface area contributed by atoms with E-state index in [4.69, 9.17) is 9.05 Å². The number of hydrogen-bond donors (Lipinski definition) is 1. The topological polar surface area (TPSA) is 64.6 Å². The Hall–Kier alpha value is -1.75. The quantitative estimate of drug-likeness (QED) is 0.544. The summed E-state index contributed by atoms with van der Waals surface area (Å²) in [5.41, 5.74) is 1.33. The Kier molecular flexibility index (Phi) is 5.92. The first-order chi connectivity index (χ1) is 13.3. The molecule has 3 rings (SSSR count). The zero-order chi connectivity index (χ0) is 21.4. The maximum Gasteiger partial charge on any atom is 0.384 e. The molecule has 29 heavy (non-hydrogen) atoms. The van der Waals surface area contributed by atoms with Crippen LogP contribution < -0.4 is 9.84 Å². The molecule has 2 aromatic rings. The minimum atomic E-state index is -3.39. The average molecular weight is 434 g/mol. The predicted molar refractivity (Wildman–Crippen MR) is 118 cm³/mol. The molecule has 1 N–H and O–H groups in total. The van der Waals surface area contributed by atoms with E-state index in [0.717, 1.165) is 21.0 Å². The van der Waals surface area contributed by atoms with Crippen LogP contribution in [0, 0.1) is 0 Å². The van der Waals surface area contributed by atoms with Gasteiger partial charge in [0.2, 0.25) is 5.91 Å². The van der Waals surface area contributed by atoms with Gasteiger partial charge in [0.25, 0.3) is 0 Å². The van der Waals surface area contributed by atoms with Crippen LogP contribution in [0.5, 0.6) is 5.75 Å². The molecule has 156 valence electrons. The lowest BCUT2D eigenvalue weighted by molar-refractivity contribution is -0.115. The van der Waals surface area contributed by atoms with Crippen LogP contribution >= 0.6 is 19.4 Å². The van der Waals surface area contributed by atoms with Crippen molar-refractivity contribution in [3.8, 4) is 5.75 Å². The summed E-state index contributed by atoms with van der Waals surface area (Å²) in [4.78, 5) is 13.6. The van der Waals surface area contributed by atoms with Crippen molar-refractivity contribution >= 4 is 31.0 Å². The molecular formula is C22H28NO4PS. The first kappa shape index (κ1) is 21.9. The Bertz CT molecular complexity index is 958. The Labute approximate surface area is 177 Å². The number of anilines is 1. The first-order valence-electron chi connectivity index (χ1n) is 9.56. The van der Waals surface area contributed by atoms with Gasteiger partial charge >= 0.3 is 7.60 Å². The van der Waals surface area contributed by atoms with Crippen molar-refractivity contribution in [3.05, 3.63) is 48.0 Å². The number of carbonyl (C=O) groups excluding carboxylic acids is 1. The van der Waals surface area contributed by atoms with Crippen LogP contribution in [0.1, 0.15) is 47.1 Å². The second-order valence-corrected chi connectivity index (χ2v) is 12.9. The van der Waals surface area contributed by atoms with Gasteiger partial charge < -0.3 is 9.84 Å². The second kappa shape index (κ2) is 7.82. The van der Waals surface area contributed by atoms with E-state index in [9.17, 15) is 9.36 Å². The lowest BCUT2D eigenvalue weighted by Gasteiger charge is -2.35. The van der Waals surface area contributed by atoms with E-state index < -0.39 is 18.4 Å². The fraction of sp³-hybridized carbons (Fsp3) is 0.409. The SMILES string of the molecule is CC(C)(C)OP(=O)(Oc1ccc(Sc2ccc3c(c2)CC(=O)N3)cc1)C(C)(C)C. The molecule has 7 heteroatoms. The van der Waals surface area contributed by atoms with Gasteiger partial charge in [0.1, 0.15) is 5.75 Å². The van der Waals surface area contributed by atoms with Crippen LogP contribution in [0.4, 0.5) is 5.69 Å². The van der Waals surface area contributed by atoms with Crippen LogP contribution in [-0.4, -0.2) is 16.7 Å². The number of rotatable bonds is 5. The van der Waals surface area contributed by atoms with Crippen LogP contribution in [0.2, 0.25) is 0 Å². The third-order valence-corrected chi connectivity index (χ3v) is 8.08. The molecule has 0 aromatic heterocycles. The predicted octanol–water partition coefficient (Wildman–Crippen LogP) is 6.52. The van der Waals surface area contributed by atoms with Crippen LogP contribution in [-0.2, 0) is 20.3 Å². The summed E-state index contributed by atoms with van der Waals surface area (Å²) in [6.45, 7) is 11.2. The van der Waals surface area contributed by atoms with Crippen molar-refractivity contribution in [3.63, 3.8) is 0 Å². The summed E-state index contributed by atoms with van der Waals surface area (Å²) in [6, 6.07) is 13.4. The molecule has 0 fully saturated rings. The Morgan fingerprint density at radius 3 is 2.17 bits per heavy atom. The van der Waals surface area contributed by atoms with Gasteiger partial charge in [-0.1, -0.05) is 11.8 Å². The van der Waals surface area contributed by atoms with Gasteiger partial charge in [-0.05, 0) is 89.6 Å². The van der Waals surface area contributed by atoms with Gasteiger partial charge in [0.05, 0.1) is 17.2 Å². The minimum absolute atomic E-state index is 0.0319. The van der Waals surface area contributed by atoms with Crippen LogP contribution in [0.3, 0.4) is 0 Å². The fourth-order valence-corrected chi connectivity index (χ4v) is 5.35. The van der Waals surface area contributed by atoms with Crippen LogP contribution in [0.15, 0.2) is 52.3 Å². The molecule has 0 saturated carbocycles. The molecular weight excluding hydrogens is 405 g/mol. The normalized spacial score (nSPS) is 16.1. The summed E-state index contributed by atoms with van der Waals surface area (Å²) in [5, 5.41) is 2.19. The van der Waals surface area contributed by atoms with Crippen molar-refractivity contribution in [2.24, 2.45) is 0 Å². The van der Waals surface area contributed by atoms with Crippen molar-refractivity contribution < 1.29 is 18.4 Å². The average Bonchev–Trinajstić information content (AvgIpc) is 2.93. The van der Waals surface area contributed by atoms with E-state index in [2.05, 4.69) is 5.32 Å². The summed E-state index contributed by atoms with van der Waals surface area (Å²) >= 11 is 1.60. The molecule has 0 aliphatic carbocycles. The molecule has 1 atom stereocenters. The molecule has 1 heterocycles. The number of carbonyl (C=O) groups is 1. The highest BCUT2D eigenvalue weighted by Crippen LogP contribution is 2.61. The highest BCUT2D eigenvalue weighted by Gasteiger charge is 2.44. The molecule has 0 bridgehead atoms. The number of amides is 1. The standard InChI is InChI=1S/C22H28NO4PS/c1-21(2,3)27-28(25,22(4,5)6)26-16-7-9-17(10-8-16)29-18-11-12-19-15(13-18)14-20(24)23-19/h7-13H,14H2,1-6H3,(H,23,24). The molecule has 0 saturated heterocycles. The molecule has 2 aromatic carbocycles. The Balaban J connectivity index is 1.74. The molecule has 5 nitrogen and oxygen atoms in total. The van der Waals surface area contributed by atoms with Crippen molar-refractivity contribution in [2.45, 2.75) is 68.5 Å². The van der Waals surface area contributed by atoms with E-state index in [1.807, 2.05) is 84.0 Å². The van der Waals surface area contributed by atoms with Gasteiger partial charge in [-0.2, -0.15) is 0 Å². The zero-order valence-corrected chi connectivity index (χ0v) is 19.4. The third-order valence-electron chi connectivity index (χ3n) is 4.20. The summed E-state index contributed by atoms with van der Waals surface area (Å²) in [7, 11) is -3.39. The number of fused-ring (bicyclic) bond motifs is 1. The first-order valence-corrected chi connectivity index (χ1v) is 11.9. The summed E-state index contributed by atoms with van der Waals surface area (Å²) in [6.07, 6.45) is 0.423. The van der Waals surface area contributed by atoms with Gasteiger partial charge in [0, 0.05) is 15.5 Å². The lowest BCUT2D eigenvalue weighted by atomic mass is 10.2. The summed E-state index contributed by atoms with van der Waals surface area (Å²) in [5.74, 6) is 0.546. The highest BCUT2D eigenvalue weighted by molar-refractivity contribution is 7.99. The molecule has 1 aliphatic heterocycles. The van der Waals surface area contributed by atoms with E-state index in [1.165, 1.54) is 0 Å². The van der Waals surface area contributed by atoms with E-state index in [-0.39, 0.29) is 5.91 Å². The molecule has 1 amide bonds. The van der Waals surface area contributed by atoms with E-state index in [0.29, 0.717) is 12.2 Å². The molecule has 0 radical (unpaired) electrons. The van der Waals surface area contributed by atoms with Crippen molar-refractivity contribution in [2.75, 3.05) is 5.32 Å². The van der Waals surface area contributed by atoms with Crippen molar-refractivity contribution in [1.82, 2.24) is 0 Å². The molecule has 1 unspecified atom stereocenters. The van der Waals surface area contributed by atoms with Crippen molar-refractivity contribution in [1.29, 1.82) is 0 Å². The summed E-state index contributed by atoms with van der Waals surface area (Å²) < 4.78 is 25.2. The van der Waals surface area contributed by atoms with Crippen LogP contribution in [0.25, 0.3) is 0 Å². The van der Waals surface area contributed by atoms with Gasteiger partial charge in [-0.15, -0.1) is 0 Å². The highest BCUT2D eigenvalue weighted by atomic mass is 32.2. The second-order valence-electron chi connectivity index (χ2n) is 9.08. The number of nitrogens with one attached hydrogen (secondary N) is 1. The fourth-order valence-electron chi connectivity index (χ4n) is 2.77. The Morgan fingerprint density at radius 2 is 1.59 bits per heavy atom. The van der Waals surface area contributed by atoms with Gasteiger partial charge in [0.15, 0.2) is 0 Å². The maximum absolute atomic E-state index is 13.4. The van der Waals surface area contributed by atoms with Gasteiger partial charge in [-0.25, -0.2) is 4.57 Å². The lowest BCUT2D eigenvalue weighted by Crippen LogP contribution is -2.28. The third kappa shape index (κ3) is 5.44. The largest absolute Gasteiger partial charge is 0.424 e. The smallest absolute Gasteiger partial charge is 0.384 e. The zero-order valence-electron chi connectivity index (χ0n) is 17.7. The maximum atomic E-state index is 13.4. The van der Waals surface area contributed by atoms with Gasteiger partial charge in [-0.3, -0.25) is 9.32 Å². The monoisotopic (exact) mass is 433 g/mol. The number of hydrogen-bond acceptors (Lipinski definition) is 5. The molecule has 1 aliphatic rings. The molecule has 0 spiro atoms. The van der Waals surface area contributed by atoms with E-state index in [1.54, 1.807) is 11.8 Å². The van der Waals surface area contributed by atoms with E-state index >= 15 is 0 Å². The Morgan fingerprint density at radius 1 is 0.966 bits per heavy atom. The minimum Gasteiger partial charge on any atom is -0.424 e. The number of benzene rings is 2.